The number of benzene rings is 5. The van der Waals surface area contributed by atoms with Crippen molar-refractivity contribution in [1.82, 2.24) is 19.9 Å². The largest absolute Gasteiger partial charge is 0.338 e. The van der Waals surface area contributed by atoms with E-state index in [0.717, 1.165) is 36.7 Å². The van der Waals surface area contributed by atoms with Crippen LogP contribution < -0.4 is 10.6 Å². The Balaban J connectivity index is 1.36. The summed E-state index contributed by atoms with van der Waals surface area (Å²) in [5.74, 6) is -5.81. The monoisotopic (exact) mass is 980 g/mol. The van der Waals surface area contributed by atoms with Gasteiger partial charge in [-0.2, -0.15) is 46.8 Å². The second kappa shape index (κ2) is 16.8. The van der Waals surface area contributed by atoms with E-state index in [0.29, 0.717) is 18.5 Å². The molecule has 330 valence electrons. The Hall–Kier alpha value is -6.70. The molecule has 7 rings (SSSR count). The number of hydrogen-bond acceptors (Lipinski definition) is 18. The van der Waals surface area contributed by atoms with Crippen LogP contribution in [0.5, 0.6) is 0 Å². The van der Waals surface area contributed by atoms with Gasteiger partial charge in [0, 0.05) is 27.2 Å². The van der Waals surface area contributed by atoms with Gasteiger partial charge >= 0.3 is 0 Å². The van der Waals surface area contributed by atoms with Crippen LogP contribution in [-0.4, -0.2) is 71.8 Å². The maximum atomic E-state index is 14.4. The van der Waals surface area contributed by atoms with Crippen LogP contribution in [0.3, 0.4) is 0 Å². The Labute approximate surface area is 361 Å². The van der Waals surface area contributed by atoms with Crippen LogP contribution in [0.15, 0.2) is 125 Å². The molecule has 0 fully saturated rings. The van der Waals surface area contributed by atoms with Gasteiger partial charge in [0.05, 0.1) is 27.6 Å². The van der Waals surface area contributed by atoms with Crippen LogP contribution in [0.1, 0.15) is 0 Å². The maximum Gasteiger partial charge on any atom is 0.296 e. The molecule has 5 aromatic carbocycles. The van der Waals surface area contributed by atoms with E-state index in [9.17, 15) is 65.1 Å². The summed E-state index contributed by atoms with van der Waals surface area (Å²) in [6.45, 7) is 0. The normalized spacial score (nSPS) is 12.8. The third kappa shape index (κ3) is 9.32. The molecule has 7 aromatic rings. The first-order chi connectivity index (χ1) is 29.9. The van der Waals surface area contributed by atoms with Crippen molar-refractivity contribution in [3.05, 3.63) is 108 Å². The van der Waals surface area contributed by atoms with Crippen molar-refractivity contribution in [2.24, 2.45) is 20.5 Å². The van der Waals surface area contributed by atoms with Crippen molar-refractivity contribution >= 4 is 119 Å². The standard InChI is InChI=1S/C34H20ClF3N10O12S4/c35-29-31(37)39-13-41-33(29)43-22-9-8-20(17-2-1-3-25(28(17)22)62(52,53)54)46-45-19-6-7-21(18-10-15(61(49,50)51)4-5-16(18)19)47-48-24-12-26(63(55,56)57)23(11-27(24)64(58,59)60)44-34-30(36)32(38)40-14-42-34/h1-14H,(H,39,41,43)(H,40,42,44)(H,49,50,51)(H,52,53,54)(H,55,56,57)(H,58,59,60). The second-order valence-corrected chi connectivity index (χ2v) is 18.6. The summed E-state index contributed by atoms with van der Waals surface area (Å²) in [6.07, 6.45) is 1.37. The van der Waals surface area contributed by atoms with Crippen molar-refractivity contribution in [2.45, 2.75) is 19.6 Å². The van der Waals surface area contributed by atoms with Gasteiger partial charge in [0.1, 0.15) is 38.1 Å². The fourth-order valence-electron chi connectivity index (χ4n) is 5.88. The SMILES string of the molecule is O=S(=O)(O)c1ccc2c(N=Nc3ccc(Nc4ncnc(F)c4Cl)c4c(S(=O)(=O)O)cccc34)ccc(N=Nc3cc(S(=O)(=O)O)c(Nc4ncnc(F)c4F)cc3S(=O)(=O)O)c2c1. The first-order valence-electron chi connectivity index (χ1n) is 16.8. The van der Waals surface area contributed by atoms with Gasteiger partial charge in [-0.25, -0.2) is 19.9 Å². The summed E-state index contributed by atoms with van der Waals surface area (Å²) >= 11 is 5.99. The first-order valence-corrected chi connectivity index (χ1v) is 23.0. The van der Waals surface area contributed by atoms with Crippen LogP contribution >= 0.6 is 11.6 Å². The molecular weight excluding hydrogens is 961 g/mol. The Bertz CT molecular complexity index is 3650. The molecule has 0 amide bonds. The lowest BCUT2D eigenvalue weighted by molar-refractivity contribution is 0.476. The molecule has 6 N–H and O–H groups in total. The van der Waals surface area contributed by atoms with E-state index in [-0.39, 0.29) is 50.1 Å². The quantitative estimate of drug-likeness (QED) is 0.0384. The lowest BCUT2D eigenvalue weighted by Crippen LogP contribution is -2.09. The first kappa shape index (κ1) is 45.3. The molecule has 0 bridgehead atoms. The van der Waals surface area contributed by atoms with Gasteiger partial charge in [-0.3, -0.25) is 18.2 Å². The van der Waals surface area contributed by atoms with Crippen molar-refractivity contribution in [2.75, 3.05) is 10.6 Å². The van der Waals surface area contributed by atoms with E-state index in [1.54, 1.807) is 0 Å². The van der Waals surface area contributed by atoms with Crippen LogP contribution in [0, 0.1) is 17.7 Å². The Morgan fingerprint density at radius 3 is 1.67 bits per heavy atom. The van der Waals surface area contributed by atoms with Crippen molar-refractivity contribution < 1.29 is 65.1 Å². The van der Waals surface area contributed by atoms with Crippen molar-refractivity contribution in [1.29, 1.82) is 0 Å². The summed E-state index contributed by atoms with van der Waals surface area (Å²) in [5, 5.41) is 19.9. The van der Waals surface area contributed by atoms with Crippen molar-refractivity contribution in [3.63, 3.8) is 0 Å². The molecule has 0 saturated heterocycles. The van der Waals surface area contributed by atoms with Gasteiger partial charge in [-0.15, -0.1) is 20.5 Å². The zero-order valence-corrected chi connectivity index (χ0v) is 34.9. The number of azo groups is 2. The summed E-state index contributed by atoms with van der Waals surface area (Å²) in [5.41, 5.74) is -2.37. The van der Waals surface area contributed by atoms with Gasteiger partial charge in [0.25, 0.3) is 46.4 Å². The lowest BCUT2D eigenvalue weighted by atomic mass is 10.1. The molecule has 64 heavy (non-hydrogen) atoms. The third-order valence-electron chi connectivity index (χ3n) is 8.65. The van der Waals surface area contributed by atoms with E-state index in [2.05, 4.69) is 45.7 Å². The third-order valence-corrected chi connectivity index (χ3v) is 12.5. The molecule has 0 aliphatic carbocycles. The van der Waals surface area contributed by atoms with E-state index in [4.69, 9.17) is 11.6 Å². The van der Waals surface area contributed by atoms with Gasteiger partial charge in [-0.05, 0) is 54.6 Å². The summed E-state index contributed by atoms with van der Waals surface area (Å²) in [4.78, 5) is 9.82. The van der Waals surface area contributed by atoms with Crippen LogP contribution in [0.25, 0.3) is 21.5 Å². The molecule has 2 aromatic heterocycles. The molecule has 0 spiro atoms. The predicted molar refractivity (Wildman–Crippen MR) is 217 cm³/mol. The predicted octanol–water partition coefficient (Wildman–Crippen LogP) is 7.95. The number of nitrogens with zero attached hydrogens (tertiary/aromatic N) is 8. The van der Waals surface area contributed by atoms with Crippen LogP contribution in [0.2, 0.25) is 5.02 Å². The number of nitrogens with one attached hydrogen (secondary N) is 2. The summed E-state index contributed by atoms with van der Waals surface area (Å²) in [7, 11) is -20.6. The number of rotatable bonds is 12. The number of aromatic nitrogens is 4. The molecular formula is C34H20ClF3N10O12S4. The molecule has 30 heteroatoms. The van der Waals surface area contributed by atoms with E-state index in [1.165, 1.54) is 30.3 Å². The van der Waals surface area contributed by atoms with Crippen molar-refractivity contribution in [3.8, 4) is 0 Å². The fourth-order valence-corrected chi connectivity index (χ4v) is 8.54. The summed E-state index contributed by atoms with van der Waals surface area (Å²) in [6, 6.07) is 12.5. The Morgan fingerprint density at radius 2 is 1.05 bits per heavy atom. The Morgan fingerprint density at radius 1 is 0.500 bits per heavy atom. The van der Waals surface area contributed by atoms with Gasteiger partial charge < -0.3 is 10.6 Å². The highest BCUT2D eigenvalue weighted by Crippen LogP contribution is 2.42. The molecule has 0 saturated carbocycles. The second-order valence-electron chi connectivity index (χ2n) is 12.6. The van der Waals surface area contributed by atoms with Gasteiger partial charge in [0.2, 0.25) is 11.8 Å². The minimum Gasteiger partial charge on any atom is -0.338 e. The number of halogens is 4. The Kier molecular flexibility index (Phi) is 11.9. The smallest absolute Gasteiger partial charge is 0.296 e. The van der Waals surface area contributed by atoms with Gasteiger partial charge in [0.15, 0.2) is 11.6 Å². The highest BCUT2D eigenvalue weighted by atomic mass is 35.5. The highest BCUT2D eigenvalue weighted by Gasteiger charge is 2.27. The summed E-state index contributed by atoms with van der Waals surface area (Å²) < 4.78 is 181. The average Bonchev–Trinajstić information content (AvgIpc) is 3.21. The van der Waals surface area contributed by atoms with E-state index >= 15 is 0 Å². The molecule has 0 unspecified atom stereocenters. The molecule has 0 aliphatic rings. The highest BCUT2D eigenvalue weighted by molar-refractivity contribution is 7.87. The van der Waals surface area contributed by atoms with E-state index < -0.39 is 100.0 Å². The molecule has 0 atom stereocenters. The molecule has 22 nitrogen and oxygen atoms in total. The van der Waals surface area contributed by atoms with E-state index in [1.807, 2.05) is 5.32 Å². The fraction of sp³-hybridized carbons (Fsp3) is 0. The minimum atomic E-state index is -5.38. The lowest BCUT2D eigenvalue weighted by Gasteiger charge is -2.14. The molecule has 2 heterocycles. The van der Waals surface area contributed by atoms with Gasteiger partial charge in [-0.1, -0.05) is 29.8 Å². The zero-order valence-electron chi connectivity index (χ0n) is 30.9. The minimum absolute atomic E-state index is 0.0153. The maximum absolute atomic E-state index is 14.4. The van der Waals surface area contributed by atoms with Crippen LogP contribution in [0.4, 0.5) is 58.9 Å². The average molecular weight is 981 g/mol. The topological polar surface area (TPSA) is 343 Å². The molecule has 0 aliphatic heterocycles. The van der Waals surface area contributed by atoms with Crippen LogP contribution in [-0.2, 0) is 40.5 Å². The number of anilines is 4. The number of hydrogen-bond donors (Lipinski definition) is 6. The zero-order chi connectivity index (χ0) is 46.5. The number of fused-ring (bicyclic) bond motifs is 2. The molecule has 0 radical (unpaired) electrons.